The second-order valence-electron chi connectivity index (χ2n) is 6.23. The van der Waals surface area contributed by atoms with Crippen molar-refractivity contribution in [2.75, 3.05) is 6.54 Å². The number of aliphatic hydroxyl groups is 1. The summed E-state index contributed by atoms with van der Waals surface area (Å²) in [5.41, 5.74) is 2.94. The van der Waals surface area contributed by atoms with E-state index in [2.05, 4.69) is 11.4 Å². The molecule has 0 saturated heterocycles. The fourth-order valence-electron chi connectivity index (χ4n) is 3.01. The number of rotatable bonds is 7. The average molecular weight is 365 g/mol. The summed E-state index contributed by atoms with van der Waals surface area (Å²) in [5, 5.41) is 15.3. The second kappa shape index (κ2) is 8.79. The molecule has 0 radical (unpaired) electrons. The Morgan fingerprint density at radius 2 is 1.73 bits per heavy atom. The van der Waals surface area contributed by atoms with E-state index in [0.717, 1.165) is 23.1 Å². The van der Waals surface area contributed by atoms with Crippen LogP contribution in [0.2, 0.25) is 0 Å². The minimum atomic E-state index is -0.718. The standard InChI is InChI=1S/C22H23NO2S/c1-2-19(16-7-4-3-5-8-16)22(25)23-15-20(24)17-10-12-18(13-11-17)21-9-6-14-26-21/h3-14,19-20,24H,2,15H2,1H3,(H,23,25). The van der Waals surface area contributed by atoms with Crippen LogP contribution in [0.5, 0.6) is 0 Å². The van der Waals surface area contributed by atoms with Crippen LogP contribution in [0.25, 0.3) is 10.4 Å². The van der Waals surface area contributed by atoms with Gasteiger partial charge >= 0.3 is 0 Å². The SMILES string of the molecule is CCC(C(=O)NCC(O)c1ccc(-c2cccs2)cc1)c1ccccc1. The number of nitrogens with one attached hydrogen (secondary N) is 1. The highest BCUT2D eigenvalue weighted by atomic mass is 32.1. The maximum absolute atomic E-state index is 12.5. The Hall–Kier alpha value is -2.43. The molecule has 0 aliphatic rings. The number of carbonyl (C=O) groups is 1. The topological polar surface area (TPSA) is 49.3 Å². The Bertz CT molecular complexity index is 813. The van der Waals surface area contributed by atoms with Crippen molar-refractivity contribution in [3.05, 3.63) is 83.2 Å². The first-order chi connectivity index (χ1) is 12.7. The van der Waals surface area contributed by atoms with Crippen LogP contribution < -0.4 is 5.32 Å². The maximum Gasteiger partial charge on any atom is 0.227 e. The third-order valence-corrected chi connectivity index (χ3v) is 5.42. The van der Waals surface area contributed by atoms with Gasteiger partial charge in [-0.15, -0.1) is 11.3 Å². The quantitative estimate of drug-likeness (QED) is 0.634. The lowest BCUT2D eigenvalue weighted by molar-refractivity contribution is -0.123. The predicted octanol–water partition coefficient (Wildman–Crippen LogP) is 4.76. The fraction of sp³-hybridized carbons (Fsp3) is 0.227. The summed E-state index contributed by atoms with van der Waals surface area (Å²) in [6.07, 6.45) is 0.00571. The molecule has 0 aliphatic heterocycles. The first-order valence-electron chi connectivity index (χ1n) is 8.83. The minimum absolute atomic E-state index is 0.0482. The zero-order valence-corrected chi connectivity index (χ0v) is 15.6. The second-order valence-corrected chi connectivity index (χ2v) is 7.18. The number of benzene rings is 2. The van der Waals surface area contributed by atoms with Crippen LogP contribution in [0.15, 0.2) is 72.1 Å². The lowest BCUT2D eigenvalue weighted by Gasteiger charge is -2.18. The molecule has 1 amide bonds. The number of thiophene rings is 1. The van der Waals surface area contributed by atoms with Gasteiger partial charge in [-0.25, -0.2) is 0 Å². The lowest BCUT2D eigenvalue weighted by Crippen LogP contribution is -2.32. The van der Waals surface area contributed by atoms with Gasteiger partial charge in [0.2, 0.25) is 5.91 Å². The van der Waals surface area contributed by atoms with E-state index in [-0.39, 0.29) is 18.4 Å². The summed E-state index contributed by atoms with van der Waals surface area (Å²) in [5.74, 6) is -0.238. The number of amides is 1. The molecule has 3 nitrogen and oxygen atoms in total. The maximum atomic E-state index is 12.5. The van der Waals surface area contributed by atoms with Crippen LogP contribution in [-0.4, -0.2) is 17.6 Å². The van der Waals surface area contributed by atoms with Crippen molar-refractivity contribution in [1.29, 1.82) is 0 Å². The van der Waals surface area contributed by atoms with Crippen LogP contribution in [0.3, 0.4) is 0 Å². The number of hydrogen-bond donors (Lipinski definition) is 2. The van der Waals surface area contributed by atoms with Crippen molar-refractivity contribution in [2.24, 2.45) is 0 Å². The van der Waals surface area contributed by atoms with Crippen LogP contribution in [0, 0.1) is 0 Å². The van der Waals surface area contributed by atoms with Crippen molar-refractivity contribution < 1.29 is 9.90 Å². The van der Waals surface area contributed by atoms with Crippen LogP contribution >= 0.6 is 11.3 Å². The monoisotopic (exact) mass is 365 g/mol. The molecule has 3 rings (SSSR count). The molecule has 26 heavy (non-hydrogen) atoms. The van der Waals surface area contributed by atoms with Crippen LogP contribution in [0.1, 0.15) is 36.5 Å². The van der Waals surface area contributed by atoms with Crippen molar-refractivity contribution >= 4 is 17.2 Å². The van der Waals surface area contributed by atoms with E-state index in [1.165, 1.54) is 4.88 Å². The first-order valence-corrected chi connectivity index (χ1v) is 9.71. The van der Waals surface area contributed by atoms with Gasteiger partial charge in [-0.2, -0.15) is 0 Å². The van der Waals surface area contributed by atoms with Crippen LogP contribution in [-0.2, 0) is 4.79 Å². The van der Waals surface area contributed by atoms with E-state index in [0.29, 0.717) is 0 Å². The van der Waals surface area contributed by atoms with Gasteiger partial charge in [-0.3, -0.25) is 4.79 Å². The molecule has 134 valence electrons. The molecule has 0 fully saturated rings. The Morgan fingerprint density at radius 3 is 2.35 bits per heavy atom. The zero-order chi connectivity index (χ0) is 18.4. The molecule has 1 heterocycles. The zero-order valence-electron chi connectivity index (χ0n) is 14.8. The van der Waals surface area contributed by atoms with E-state index in [1.807, 2.05) is 73.0 Å². The molecule has 0 aliphatic carbocycles. The minimum Gasteiger partial charge on any atom is -0.387 e. The molecule has 3 aromatic rings. The molecule has 0 bridgehead atoms. The highest BCUT2D eigenvalue weighted by Crippen LogP contribution is 2.26. The van der Waals surface area contributed by atoms with Gasteiger partial charge in [0.15, 0.2) is 0 Å². The van der Waals surface area contributed by atoms with E-state index >= 15 is 0 Å². The largest absolute Gasteiger partial charge is 0.387 e. The van der Waals surface area contributed by atoms with Gasteiger partial charge in [0.25, 0.3) is 0 Å². The number of hydrogen-bond acceptors (Lipinski definition) is 3. The molecular formula is C22H23NO2S. The van der Waals surface area contributed by atoms with Crippen molar-refractivity contribution in [2.45, 2.75) is 25.4 Å². The smallest absolute Gasteiger partial charge is 0.227 e. The summed E-state index contributed by atoms with van der Waals surface area (Å²) < 4.78 is 0. The highest BCUT2D eigenvalue weighted by molar-refractivity contribution is 7.13. The van der Waals surface area contributed by atoms with Gasteiger partial charge in [-0.05, 0) is 34.6 Å². The molecule has 2 aromatic carbocycles. The van der Waals surface area contributed by atoms with Crippen LogP contribution in [0.4, 0.5) is 0 Å². The molecule has 0 saturated carbocycles. The predicted molar refractivity (Wildman–Crippen MR) is 107 cm³/mol. The molecule has 4 heteroatoms. The summed E-state index contributed by atoms with van der Waals surface area (Å²) in [6.45, 7) is 2.21. The Kier molecular flexibility index (Phi) is 6.21. The van der Waals surface area contributed by atoms with Gasteiger partial charge < -0.3 is 10.4 Å². The summed E-state index contributed by atoms with van der Waals surface area (Å²) >= 11 is 1.69. The summed E-state index contributed by atoms with van der Waals surface area (Å²) in [4.78, 5) is 13.7. The molecule has 2 atom stereocenters. The van der Waals surface area contributed by atoms with Gasteiger partial charge in [-0.1, -0.05) is 67.6 Å². The molecular weight excluding hydrogens is 342 g/mol. The van der Waals surface area contributed by atoms with Crippen molar-refractivity contribution in [3.63, 3.8) is 0 Å². The van der Waals surface area contributed by atoms with E-state index < -0.39 is 6.10 Å². The number of aliphatic hydroxyl groups excluding tert-OH is 1. The normalized spacial score (nSPS) is 13.2. The average Bonchev–Trinajstić information content (AvgIpc) is 3.22. The summed E-state index contributed by atoms with van der Waals surface area (Å²) in [7, 11) is 0. The molecule has 1 aromatic heterocycles. The van der Waals surface area contributed by atoms with E-state index in [1.54, 1.807) is 11.3 Å². The summed E-state index contributed by atoms with van der Waals surface area (Å²) in [6, 6.07) is 21.7. The number of carbonyl (C=O) groups excluding carboxylic acids is 1. The highest BCUT2D eigenvalue weighted by Gasteiger charge is 2.19. The Balaban J connectivity index is 1.59. The van der Waals surface area contributed by atoms with Gasteiger partial charge in [0, 0.05) is 11.4 Å². The van der Waals surface area contributed by atoms with Crippen molar-refractivity contribution in [3.8, 4) is 10.4 Å². The van der Waals surface area contributed by atoms with E-state index in [9.17, 15) is 9.90 Å². The van der Waals surface area contributed by atoms with Crippen molar-refractivity contribution in [1.82, 2.24) is 5.32 Å². The Labute approximate surface area is 158 Å². The Morgan fingerprint density at radius 1 is 1.00 bits per heavy atom. The first kappa shape index (κ1) is 18.4. The third-order valence-electron chi connectivity index (χ3n) is 4.50. The van der Waals surface area contributed by atoms with Gasteiger partial charge in [0.05, 0.1) is 12.0 Å². The lowest BCUT2D eigenvalue weighted by atomic mass is 9.95. The fourth-order valence-corrected chi connectivity index (χ4v) is 3.74. The van der Waals surface area contributed by atoms with Gasteiger partial charge in [0.1, 0.15) is 0 Å². The third kappa shape index (κ3) is 4.40. The molecule has 2 N–H and O–H groups in total. The van der Waals surface area contributed by atoms with E-state index in [4.69, 9.17) is 0 Å². The molecule has 0 spiro atoms. The molecule has 2 unspecified atom stereocenters.